The zero-order valence-electron chi connectivity index (χ0n) is 9.41. The summed E-state index contributed by atoms with van der Waals surface area (Å²) in [6.45, 7) is 1.94. The number of halogens is 1. The Balaban J connectivity index is 2.38. The molecule has 0 atom stereocenters. The van der Waals surface area contributed by atoms with E-state index in [0.29, 0.717) is 10.6 Å². The Morgan fingerprint density at radius 3 is 2.53 bits per heavy atom. The molecule has 0 fully saturated rings. The zero-order valence-corrected chi connectivity index (χ0v) is 10.2. The van der Waals surface area contributed by atoms with E-state index in [9.17, 15) is 4.79 Å². The van der Waals surface area contributed by atoms with Crippen LogP contribution >= 0.6 is 11.6 Å². The van der Waals surface area contributed by atoms with Gasteiger partial charge in [0, 0.05) is 22.0 Å². The molecular weight excluding hydrogens is 234 g/mol. The van der Waals surface area contributed by atoms with Crippen LogP contribution in [0, 0.1) is 6.92 Å². The van der Waals surface area contributed by atoms with Crippen LogP contribution in [0.25, 0.3) is 0 Å². The van der Waals surface area contributed by atoms with Crippen molar-refractivity contribution in [3.05, 3.63) is 58.6 Å². The molecule has 0 aliphatic carbocycles. The third-order valence-corrected chi connectivity index (χ3v) is 3.03. The lowest BCUT2D eigenvalue weighted by Gasteiger charge is -2.12. The first kappa shape index (κ1) is 11.7. The number of benzene rings is 2. The van der Waals surface area contributed by atoms with Crippen LogP contribution in [0.3, 0.4) is 0 Å². The summed E-state index contributed by atoms with van der Waals surface area (Å²) in [7, 11) is 0. The standard InChI is InChI=1S/C14H12ClNO/c1-10-12(15)6-4-8-13(10)16-14-7-3-2-5-11(14)9-17/h2-9,16H,1H3. The van der Waals surface area contributed by atoms with Crippen LogP contribution in [0.5, 0.6) is 0 Å². The summed E-state index contributed by atoms with van der Waals surface area (Å²) in [5, 5.41) is 3.92. The maximum Gasteiger partial charge on any atom is 0.152 e. The highest BCUT2D eigenvalue weighted by molar-refractivity contribution is 6.31. The molecule has 2 rings (SSSR count). The molecule has 86 valence electrons. The summed E-state index contributed by atoms with van der Waals surface area (Å²) in [4.78, 5) is 10.9. The second kappa shape index (κ2) is 5.02. The number of nitrogens with one attached hydrogen (secondary N) is 1. The number of anilines is 2. The van der Waals surface area contributed by atoms with Gasteiger partial charge in [0.1, 0.15) is 0 Å². The minimum absolute atomic E-state index is 0.631. The molecule has 0 saturated heterocycles. The number of hydrogen-bond donors (Lipinski definition) is 1. The van der Waals surface area contributed by atoms with Gasteiger partial charge in [0.2, 0.25) is 0 Å². The first-order valence-electron chi connectivity index (χ1n) is 5.28. The van der Waals surface area contributed by atoms with Gasteiger partial charge in [-0.1, -0.05) is 29.8 Å². The first-order chi connectivity index (χ1) is 8.22. The molecule has 0 amide bonds. The van der Waals surface area contributed by atoms with Crippen molar-refractivity contribution in [2.45, 2.75) is 6.92 Å². The van der Waals surface area contributed by atoms with E-state index in [1.807, 2.05) is 43.3 Å². The van der Waals surface area contributed by atoms with Crippen LogP contribution in [-0.4, -0.2) is 6.29 Å². The monoisotopic (exact) mass is 245 g/mol. The molecule has 0 aliphatic rings. The van der Waals surface area contributed by atoms with Crippen molar-refractivity contribution < 1.29 is 4.79 Å². The van der Waals surface area contributed by atoms with Gasteiger partial charge in [0.25, 0.3) is 0 Å². The molecule has 0 aliphatic heterocycles. The fourth-order valence-corrected chi connectivity index (χ4v) is 1.78. The summed E-state index contributed by atoms with van der Waals surface area (Å²) >= 11 is 6.04. The van der Waals surface area contributed by atoms with Gasteiger partial charge in [0.05, 0.1) is 0 Å². The van der Waals surface area contributed by atoms with Gasteiger partial charge in [-0.3, -0.25) is 4.79 Å². The Labute approximate surface area is 105 Å². The fourth-order valence-electron chi connectivity index (χ4n) is 1.60. The highest BCUT2D eigenvalue weighted by Gasteiger charge is 2.04. The molecule has 0 saturated carbocycles. The molecule has 0 unspecified atom stereocenters. The van der Waals surface area contributed by atoms with Crippen LogP contribution in [0.1, 0.15) is 15.9 Å². The maximum atomic E-state index is 10.9. The van der Waals surface area contributed by atoms with E-state index < -0.39 is 0 Å². The van der Waals surface area contributed by atoms with Gasteiger partial charge in [0.15, 0.2) is 6.29 Å². The normalized spacial score (nSPS) is 10.0. The highest BCUT2D eigenvalue weighted by Crippen LogP contribution is 2.27. The zero-order chi connectivity index (χ0) is 12.3. The number of aldehydes is 1. The second-order valence-electron chi connectivity index (χ2n) is 3.74. The molecule has 0 aromatic heterocycles. The lowest BCUT2D eigenvalue weighted by molar-refractivity contribution is 0.112. The average molecular weight is 246 g/mol. The minimum Gasteiger partial charge on any atom is -0.355 e. The lowest BCUT2D eigenvalue weighted by atomic mass is 10.1. The Morgan fingerprint density at radius 1 is 1.06 bits per heavy atom. The fraction of sp³-hybridized carbons (Fsp3) is 0.0714. The number of hydrogen-bond acceptors (Lipinski definition) is 2. The molecule has 2 aromatic rings. The second-order valence-corrected chi connectivity index (χ2v) is 4.15. The van der Waals surface area contributed by atoms with Crippen molar-refractivity contribution >= 4 is 29.3 Å². The van der Waals surface area contributed by atoms with E-state index in [2.05, 4.69) is 5.32 Å². The summed E-state index contributed by atoms with van der Waals surface area (Å²) in [6, 6.07) is 13.0. The maximum absolute atomic E-state index is 10.9. The van der Waals surface area contributed by atoms with Gasteiger partial charge in [-0.05, 0) is 36.8 Å². The van der Waals surface area contributed by atoms with Crippen LogP contribution in [0.15, 0.2) is 42.5 Å². The molecule has 0 radical (unpaired) electrons. The largest absolute Gasteiger partial charge is 0.355 e. The topological polar surface area (TPSA) is 29.1 Å². The van der Waals surface area contributed by atoms with Gasteiger partial charge in [-0.15, -0.1) is 0 Å². The minimum atomic E-state index is 0.631. The Kier molecular flexibility index (Phi) is 3.45. The summed E-state index contributed by atoms with van der Waals surface area (Å²) in [6.07, 6.45) is 0.836. The summed E-state index contributed by atoms with van der Waals surface area (Å²) in [5.41, 5.74) is 3.29. The van der Waals surface area contributed by atoms with E-state index in [1.54, 1.807) is 6.07 Å². The van der Waals surface area contributed by atoms with E-state index in [0.717, 1.165) is 23.2 Å². The predicted octanol–water partition coefficient (Wildman–Crippen LogP) is 4.20. The van der Waals surface area contributed by atoms with Gasteiger partial charge >= 0.3 is 0 Å². The third-order valence-electron chi connectivity index (χ3n) is 2.62. The van der Waals surface area contributed by atoms with Gasteiger partial charge < -0.3 is 5.32 Å². The summed E-state index contributed by atoms with van der Waals surface area (Å²) in [5.74, 6) is 0. The van der Waals surface area contributed by atoms with Crippen LogP contribution in [0.4, 0.5) is 11.4 Å². The molecule has 2 aromatic carbocycles. The smallest absolute Gasteiger partial charge is 0.152 e. The molecule has 0 heterocycles. The first-order valence-corrected chi connectivity index (χ1v) is 5.66. The Morgan fingerprint density at radius 2 is 1.76 bits per heavy atom. The van der Waals surface area contributed by atoms with E-state index in [1.165, 1.54) is 0 Å². The van der Waals surface area contributed by atoms with E-state index >= 15 is 0 Å². The average Bonchev–Trinajstić information content (AvgIpc) is 2.35. The Bertz CT molecular complexity index is 552. The van der Waals surface area contributed by atoms with Crippen molar-refractivity contribution in [1.29, 1.82) is 0 Å². The highest BCUT2D eigenvalue weighted by atomic mass is 35.5. The molecule has 17 heavy (non-hydrogen) atoms. The van der Waals surface area contributed by atoms with Crippen molar-refractivity contribution in [2.24, 2.45) is 0 Å². The third kappa shape index (κ3) is 2.48. The molecular formula is C14H12ClNO. The van der Waals surface area contributed by atoms with Crippen LogP contribution in [-0.2, 0) is 0 Å². The molecule has 0 bridgehead atoms. The number of para-hydroxylation sites is 1. The molecule has 0 spiro atoms. The SMILES string of the molecule is Cc1c(Cl)cccc1Nc1ccccc1C=O. The van der Waals surface area contributed by atoms with Crippen molar-refractivity contribution in [3.8, 4) is 0 Å². The molecule has 2 nitrogen and oxygen atoms in total. The lowest BCUT2D eigenvalue weighted by Crippen LogP contribution is -1.97. The molecule has 1 N–H and O–H groups in total. The van der Waals surface area contributed by atoms with Crippen LogP contribution < -0.4 is 5.32 Å². The predicted molar refractivity (Wildman–Crippen MR) is 71.3 cm³/mol. The summed E-state index contributed by atoms with van der Waals surface area (Å²) < 4.78 is 0. The van der Waals surface area contributed by atoms with E-state index in [4.69, 9.17) is 11.6 Å². The molecule has 3 heteroatoms. The van der Waals surface area contributed by atoms with Crippen molar-refractivity contribution in [3.63, 3.8) is 0 Å². The van der Waals surface area contributed by atoms with Crippen molar-refractivity contribution in [1.82, 2.24) is 0 Å². The van der Waals surface area contributed by atoms with Gasteiger partial charge in [-0.2, -0.15) is 0 Å². The Hall–Kier alpha value is -1.80. The number of rotatable bonds is 3. The van der Waals surface area contributed by atoms with E-state index in [-0.39, 0.29) is 0 Å². The van der Waals surface area contributed by atoms with Crippen molar-refractivity contribution in [2.75, 3.05) is 5.32 Å². The van der Waals surface area contributed by atoms with Crippen LogP contribution in [0.2, 0.25) is 5.02 Å². The number of carbonyl (C=O) groups excluding carboxylic acids is 1. The number of carbonyl (C=O) groups is 1. The quantitative estimate of drug-likeness (QED) is 0.821. The van der Waals surface area contributed by atoms with Gasteiger partial charge in [-0.25, -0.2) is 0 Å².